The third-order valence-electron chi connectivity index (χ3n) is 3.58. The third kappa shape index (κ3) is 3.49. The van der Waals surface area contributed by atoms with E-state index < -0.39 is 0 Å². The largest absolute Gasteiger partial charge is 0.309 e. The van der Waals surface area contributed by atoms with Gasteiger partial charge < -0.3 is 5.32 Å². The zero-order valence-electron chi connectivity index (χ0n) is 10.9. The predicted octanol–water partition coefficient (Wildman–Crippen LogP) is 2.60. The van der Waals surface area contributed by atoms with Crippen LogP contribution in [0.15, 0.2) is 12.3 Å². The van der Waals surface area contributed by atoms with Crippen LogP contribution in [0.5, 0.6) is 0 Å². The molecule has 1 aliphatic rings. The Balaban J connectivity index is 1.99. The van der Waals surface area contributed by atoms with Crippen LogP contribution in [0.25, 0.3) is 0 Å². The van der Waals surface area contributed by atoms with Gasteiger partial charge in [0, 0.05) is 19.3 Å². The maximum absolute atomic E-state index is 4.29. The molecule has 1 aromatic rings. The SMILES string of the molecule is CCNC(CC1CCSCC1)c1ccnn1C. The lowest BCUT2D eigenvalue weighted by atomic mass is 9.93. The van der Waals surface area contributed by atoms with Crippen molar-refractivity contribution in [3.05, 3.63) is 18.0 Å². The highest BCUT2D eigenvalue weighted by Crippen LogP contribution is 2.30. The Morgan fingerprint density at radius 1 is 1.53 bits per heavy atom. The van der Waals surface area contributed by atoms with Crippen molar-refractivity contribution in [1.82, 2.24) is 15.1 Å². The van der Waals surface area contributed by atoms with E-state index in [0.29, 0.717) is 6.04 Å². The summed E-state index contributed by atoms with van der Waals surface area (Å²) in [4.78, 5) is 0. The molecule has 4 heteroatoms. The molecule has 1 aromatic heterocycles. The first-order valence-electron chi connectivity index (χ1n) is 6.60. The molecule has 0 bridgehead atoms. The minimum Gasteiger partial charge on any atom is -0.309 e. The summed E-state index contributed by atoms with van der Waals surface area (Å²) >= 11 is 2.10. The summed E-state index contributed by atoms with van der Waals surface area (Å²) in [6, 6.07) is 2.62. The number of aryl methyl sites for hydroxylation is 1. The van der Waals surface area contributed by atoms with Crippen molar-refractivity contribution in [2.75, 3.05) is 18.1 Å². The van der Waals surface area contributed by atoms with Crippen LogP contribution in [0.1, 0.15) is 37.9 Å². The molecular weight excluding hydrogens is 230 g/mol. The lowest BCUT2D eigenvalue weighted by Crippen LogP contribution is -2.26. The molecule has 1 saturated heterocycles. The summed E-state index contributed by atoms with van der Waals surface area (Å²) in [5, 5.41) is 7.89. The molecule has 0 amide bonds. The van der Waals surface area contributed by atoms with Crippen LogP contribution in [-0.4, -0.2) is 27.8 Å². The fourth-order valence-electron chi connectivity index (χ4n) is 2.60. The molecule has 0 aliphatic carbocycles. The Morgan fingerprint density at radius 2 is 2.29 bits per heavy atom. The van der Waals surface area contributed by atoms with Crippen LogP contribution < -0.4 is 5.32 Å². The van der Waals surface area contributed by atoms with Gasteiger partial charge in [-0.3, -0.25) is 4.68 Å². The Labute approximate surface area is 108 Å². The molecule has 1 fully saturated rings. The summed E-state index contributed by atoms with van der Waals surface area (Å²) in [5.41, 5.74) is 1.32. The van der Waals surface area contributed by atoms with E-state index in [-0.39, 0.29) is 0 Å². The second-order valence-corrected chi connectivity index (χ2v) is 6.01. The average molecular weight is 253 g/mol. The lowest BCUT2D eigenvalue weighted by molar-refractivity contribution is 0.362. The smallest absolute Gasteiger partial charge is 0.0550 e. The predicted molar refractivity (Wildman–Crippen MR) is 74.3 cm³/mol. The van der Waals surface area contributed by atoms with Gasteiger partial charge in [-0.15, -0.1) is 0 Å². The van der Waals surface area contributed by atoms with E-state index in [1.165, 1.54) is 36.5 Å². The number of hydrogen-bond acceptors (Lipinski definition) is 3. The minimum absolute atomic E-state index is 0.473. The average Bonchev–Trinajstić information content (AvgIpc) is 2.76. The molecule has 1 atom stereocenters. The standard InChI is InChI=1S/C13H23N3S/c1-3-14-12(13-4-7-15-16(13)2)10-11-5-8-17-9-6-11/h4,7,11-12,14H,3,5-6,8-10H2,1-2H3. The van der Waals surface area contributed by atoms with E-state index in [4.69, 9.17) is 0 Å². The highest BCUT2D eigenvalue weighted by molar-refractivity contribution is 7.99. The fraction of sp³-hybridized carbons (Fsp3) is 0.769. The van der Waals surface area contributed by atoms with Crippen LogP contribution >= 0.6 is 11.8 Å². The molecule has 0 spiro atoms. The lowest BCUT2D eigenvalue weighted by Gasteiger charge is -2.27. The molecule has 2 heterocycles. The van der Waals surface area contributed by atoms with Crippen molar-refractivity contribution < 1.29 is 0 Å². The maximum atomic E-state index is 4.29. The van der Waals surface area contributed by atoms with E-state index in [2.05, 4.69) is 35.2 Å². The van der Waals surface area contributed by atoms with Gasteiger partial charge in [-0.2, -0.15) is 16.9 Å². The topological polar surface area (TPSA) is 29.9 Å². The normalized spacial score (nSPS) is 19.4. The second-order valence-electron chi connectivity index (χ2n) is 4.78. The molecular formula is C13H23N3S. The molecule has 0 saturated carbocycles. The summed E-state index contributed by atoms with van der Waals surface area (Å²) in [6.45, 7) is 3.21. The molecule has 0 aromatic carbocycles. The number of aromatic nitrogens is 2. The maximum Gasteiger partial charge on any atom is 0.0550 e. The summed E-state index contributed by atoms with van der Waals surface area (Å²) in [6.07, 6.45) is 5.92. The van der Waals surface area contributed by atoms with Crippen molar-refractivity contribution in [2.45, 2.75) is 32.2 Å². The van der Waals surface area contributed by atoms with Crippen molar-refractivity contribution in [2.24, 2.45) is 13.0 Å². The van der Waals surface area contributed by atoms with Crippen LogP contribution in [0, 0.1) is 5.92 Å². The number of rotatable bonds is 5. The van der Waals surface area contributed by atoms with Gasteiger partial charge in [0.25, 0.3) is 0 Å². The van der Waals surface area contributed by atoms with Crippen molar-refractivity contribution >= 4 is 11.8 Å². The van der Waals surface area contributed by atoms with Gasteiger partial charge in [-0.1, -0.05) is 6.92 Å². The number of hydrogen-bond donors (Lipinski definition) is 1. The van der Waals surface area contributed by atoms with Crippen LogP contribution in [0.4, 0.5) is 0 Å². The van der Waals surface area contributed by atoms with Crippen LogP contribution in [-0.2, 0) is 7.05 Å². The quantitative estimate of drug-likeness (QED) is 0.875. The van der Waals surface area contributed by atoms with Gasteiger partial charge in [0.2, 0.25) is 0 Å². The Kier molecular flexibility index (Phi) is 4.92. The first-order chi connectivity index (χ1) is 8.31. The summed E-state index contributed by atoms with van der Waals surface area (Å²) in [5.74, 6) is 3.57. The highest BCUT2D eigenvalue weighted by Gasteiger charge is 2.21. The molecule has 3 nitrogen and oxygen atoms in total. The molecule has 1 N–H and O–H groups in total. The zero-order valence-corrected chi connectivity index (χ0v) is 11.7. The molecule has 1 unspecified atom stereocenters. The molecule has 96 valence electrons. The van der Waals surface area contributed by atoms with Gasteiger partial charge in [0.1, 0.15) is 0 Å². The van der Waals surface area contributed by atoms with Gasteiger partial charge in [-0.25, -0.2) is 0 Å². The minimum atomic E-state index is 0.473. The van der Waals surface area contributed by atoms with E-state index >= 15 is 0 Å². The Morgan fingerprint density at radius 3 is 2.88 bits per heavy atom. The number of nitrogens with one attached hydrogen (secondary N) is 1. The van der Waals surface area contributed by atoms with E-state index in [0.717, 1.165) is 12.5 Å². The first kappa shape index (κ1) is 13.0. The van der Waals surface area contributed by atoms with Gasteiger partial charge in [0.05, 0.1) is 5.69 Å². The molecule has 0 radical (unpaired) electrons. The molecule has 1 aliphatic heterocycles. The van der Waals surface area contributed by atoms with Crippen molar-refractivity contribution in [1.29, 1.82) is 0 Å². The van der Waals surface area contributed by atoms with E-state index in [1.54, 1.807) is 0 Å². The fourth-order valence-corrected chi connectivity index (χ4v) is 3.80. The summed E-state index contributed by atoms with van der Waals surface area (Å²) < 4.78 is 2.00. The van der Waals surface area contributed by atoms with Crippen molar-refractivity contribution in [3.8, 4) is 0 Å². The van der Waals surface area contributed by atoms with Gasteiger partial charge in [0.15, 0.2) is 0 Å². The Bertz CT molecular complexity index is 331. The number of thioether (sulfide) groups is 1. The third-order valence-corrected chi connectivity index (χ3v) is 4.63. The monoisotopic (exact) mass is 253 g/mol. The molecule has 17 heavy (non-hydrogen) atoms. The van der Waals surface area contributed by atoms with E-state index in [1.807, 2.05) is 17.9 Å². The number of nitrogens with zero attached hydrogens (tertiary/aromatic N) is 2. The summed E-state index contributed by atoms with van der Waals surface area (Å²) in [7, 11) is 2.04. The molecule has 2 rings (SSSR count). The zero-order chi connectivity index (χ0) is 12.1. The van der Waals surface area contributed by atoms with Crippen LogP contribution in [0.2, 0.25) is 0 Å². The van der Waals surface area contributed by atoms with Crippen molar-refractivity contribution in [3.63, 3.8) is 0 Å². The van der Waals surface area contributed by atoms with Gasteiger partial charge >= 0.3 is 0 Å². The van der Waals surface area contributed by atoms with Gasteiger partial charge in [-0.05, 0) is 49.3 Å². The Hall–Kier alpha value is -0.480. The van der Waals surface area contributed by atoms with Crippen LogP contribution in [0.3, 0.4) is 0 Å². The highest BCUT2D eigenvalue weighted by atomic mass is 32.2. The van der Waals surface area contributed by atoms with E-state index in [9.17, 15) is 0 Å². The first-order valence-corrected chi connectivity index (χ1v) is 7.75. The second kappa shape index (κ2) is 6.45.